The van der Waals surface area contributed by atoms with Crippen molar-refractivity contribution in [2.24, 2.45) is 5.73 Å². The van der Waals surface area contributed by atoms with Gasteiger partial charge in [-0.1, -0.05) is 43.5 Å². The predicted octanol–water partition coefficient (Wildman–Crippen LogP) is 2.90. The van der Waals surface area contributed by atoms with Crippen LogP contribution in [-0.4, -0.2) is 15.2 Å². The zero-order chi connectivity index (χ0) is 13.8. The van der Waals surface area contributed by atoms with E-state index in [0.717, 1.165) is 18.1 Å². The summed E-state index contributed by atoms with van der Waals surface area (Å²) >= 11 is 0. The standard InChI is InChI=1S/C16H22N4/c17-11-14-9-5-4-8-13(14)10-15-18-16(20-19-15)12-6-2-1-3-7-12/h4-5,8-9,12H,1-3,6-7,10-11,17H2,(H,18,19,20). The number of hydrogen-bond donors (Lipinski definition) is 2. The van der Waals surface area contributed by atoms with Gasteiger partial charge in [-0.05, 0) is 24.0 Å². The summed E-state index contributed by atoms with van der Waals surface area (Å²) in [4.78, 5) is 4.70. The Morgan fingerprint density at radius 1 is 1.10 bits per heavy atom. The molecule has 1 aromatic heterocycles. The van der Waals surface area contributed by atoms with Crippen LogP contribution in [0.1, 0.15) is 60.8 Å². The van der Waals surface area contributed by atoms with E-state index in [0.29, 0.717) is 12.5 Å². The predicted molar refractivity (Wildman–Crippen MR) is 79.3 cm³/mol. The SMILES string of the molecule is NCc1ccccc1Cc1nc(C2CCCCC2)n[nH]1. The van der Waals surface area contributed by atoms with E-state index in [-0.39, 0.29) is 0 Å². The normalized spacial score (nSPS) is 16.4. The summed E-state index contributed by atoms with van der Waals surface area (Å²) < 4.78 is 0. The fraction of sp³-hybridized carbons (Fsp3) is 0.500. The molecule has 1 heterocycles. The van der Waals surface area contributed by atoms with Crippen LogP contribution in [-0.2, 0) is 13.0 Å². The Morgan fingerprint density at radius 3 is 2.60 bits per heavy atom. The second kappa shape index (κ2) is 6.18. The Labute approximate surface area is 119 Å². The molecule has 0 bridgehead atoms. The lowest BCUT2D eigenvalue weighted by Crippen LogP contribution is -2.06. The molecule has 3 rings (SSSR count). The first-order chi connectivity index (χ1) is 9.86. The van der Waals surface area contributed by atoms with Gasteiger partial charge in [0.15, 0.2) is 5.82 Å². The van der Waals surface area contributed by atoms with Crippen LogP contribution in [0.25, 0.3) is 0 Å². The van der Waals surface area contributed by atoms with Crippen molar-refractivity contribution in [3.8, 4) is 0 Å². The first kappa shape index (κ1) is 13.3. The molecule has 1 aliphatic rings. The Bertz CT molecular complexity index is 555. The van der Waals surface area contributed by atoms with Gasteiger partial charge in [-0.15, -0.1) is 0 Å². The number of nitrogens with zero attached hydrogens (tertiary/aromatic N) is 2. The molecule has 1 aliphatic carbocycles. The highest BCUT2D eigenvalue weighted by atomic mass is 15.2. The van der Waals surface area contributed by atoms with Crippen molar-refractivity contribution in [3.63, 3.8) is 0 Å². The number of H-pyrrole nitrogens is 1. The minimum atomic E-state index is 0.554. The third-order valence-corrected chi connectivity index (χ3v) is 4.22. The zero-order valence-electron chi connectivity index (χ0n) is 11.8. The molecule has 0 amide bonds. The van der Waals surface area contributed by atoms with Crippen molar-refractivity contribution in [1.82, 2.24) is 15.2 Å². The molecule has 4 heteroatoms. The number of nitrogens with one attached hydrogen (secondary N) is 1. The molecule has 0 radical (unpaired) electrons. The van der Waals surface area contributed by atoms with Crippen molar-refractivity contribution in [2.75, 3.05) is 0 Å². The molecule has 2 aromatic rings. The molecule has 1 saturated carbocycles. The van der Waals surface area contributed by atoms with E-state index in [1.807, 2.05) is 12.1 Å². The third kappa shape index (κ3) is 2.90. The van der Waals surface area contributed by atoms with Crippen molar-refractivity contribution in [2.45, 2.75) is 51.0 Å². The maximum absolute atomic E-state index is 5.78. The lowest BCUT2D eigenvalue weighted by molar-refractivity contribution is 0.429. The van der Waals surface area contributed by atoms with Crippen LogP contribution in [0.3, 0.4) is 0 Å². The van der Waals surface area contributed by atoms with E-state index in [9.17, 15) is 0 Å². The van der Waals surface area contributed by atoms with Gasteiger partial charge in [0, 0.05) is 18.9 Å². The van der Waals surface area contributed by atoms with E-state index >= 15 is 0 Å². The van der Waals surface area contributed by atoms with Gasteiger partial charge in [-0.3, -0.25) is 5.10 Å². The highest BCUT2D eigenvalue weighted by Crippen LogP contribution is 2.30. The summed E-state index contributed by atoms with van der Waals surface area (Å²) in [5.74, 6) is 2.51. The van der Waals surface area contributed by atoms with Crippen LogP contribution in [0, 0.1) is 0 Å². The average Bonchev–Trinajstić information content (AvgIpc) is 2.97. The maximum Gasteiger partial charge on any atom is 0.153 e. The van der Waals surface area contributed by atoms with Gasteiger partial charge >= 0.3 is 0 Å². The summed E-state index contributed by atoms with van der Waals surface area (Å²) in [6.45, 7) is 0.569. The number of benzene rings is 1. The monoisotopic (exact) mass is 270 g/mol. The van der Waals surface area contributed by atoms with Gasteiger partial charge in [0.1, 0.15) is 5.82 Å². The zero-order valence-corrected chi connectivity index (χ0v) is 11.8. The summed E-state index contributed by atoms with van der Waals surface area (Å²) in [6, 6.07) is 8.27. The van der Waals surface area contributed by atoms with Crippen molar-refractivity contribution >= 4 is 0 Å². The molecule has 0 unspecified atom stereocenters. The van der Waals surface area contributed by atoms with E-state index in [1.165, 1.54) is 43.2 Å². The number of hydrogen-bond acceptors (Lipinski definition) is 3. The number of rotatable bonds is 4. The van der Waals surface area contributed by atoms with E-state index < -0.39 is 0 Å². The Balaban J connectivity index is 1.73. The molecule has 106 valence electrons. The van der Waals surface area contributed by atoms with E-state index in [1.54, 1.807) is 0 Å². The van der Waals surface area contributed by atoms with Crippen LogP contribution in [0.4, 0.5) is 0 Å². The van der Waals surface area contributed by atoms with Crippen molar-refractivity contribution in [3.05, 3.63) is 47.0 Å². The van der Waals surface area contributed by atoms with Crippen LogP contribution in [0.15, 0.2) is 24.3 Å². The lowest BCUT2D eigenvalue weighted by atomic mass is 9.89. The second-order valence-electron chi connectivity index (χ2n) is 5.62. The topological polar surface area (TPSA) is 67.6 Å². The van der Waals surface area contributed by atoms with Gasteiger partial charge in [0.05, 0.1) is 0 Å². The molecule has 1 fully saturated rings. The quantitative estimate of drug-likeness (QED) is 0.897. The van der Waals surface area contributed by atoms with Crippen molar-refractivity contribution in [1.29, 1.82) is 0 Å². The fourth-order valence-electron chi connectivity index (χ4n) is 3.04. The smallest absolute Gasteiger partial charge is 0.153 e. The van der Waals surface area contributed by atoms with Gasteiger partial charge in [0.2, 0.25) is 0 Å². The van der Waals surface area contributed by atoms with E-state index in [2.05, 4.69) is 22.3 Å². The van der Waals surface area contributed by atoms with Crippen molar-refractivity contribution < 1.29 is 0 Å². The first-order valence-electron chi connectivity index (χ1n) is 7.55. The van der Waals surface area contributed by atoms with Crippen LogP contribution in [0.2, 0.25) is 0 Å². The lowest BCUT2D eigenvalue weighted by Gasteiger charge is -2.18. The highest BCUT2D eigenvalue weighted by Gasteiger charge is 2.19. The van der Waals surface area contributed by atoms with Crippen LogP contribution >= 0.6 is 0 Å². The van der Waals surface area contributed by atoms with Gasteiger partial charge in [0.25, 0.3) is 0 Å². The number of nitrogens with two attached hydrogens (primary N) is 1. The third-order valence-electron chi connectivity index (χ3n) is 4.22. The van der Waals surface area contributed by atoms with Crippen LogP contribution < -0.4 is 5.73 Å². The molecule has 1 aromatic carbocycles. The molecule has 0 spiro atoms. The first-order valence-corrected chi connectivity index (χ1v) is 7.55. The number of aromatic nitrogens is 3. The molecule has 3 N–H and O–H groups in total. The minimum Gasteiger partial charge on any atom is -0.326 e. The molecular formula is C16H22N4. The largest absolute Gasteiger partial charge is 0.326 e. The summed E-state index contributed by atoms with van der Waals surface area (Å²) in [5, 5.41) is 7.53. The maximum atomic E-state index is 5.78. The molecule has 4 nitrogen and oxygen atoms in total. The fourth-order valence-corrected chi connectivity index (χ4v) is 3.04. The molecule has 0 saturated heterocycles. The minimum absolute atomic E-state index is 0.554. The van der Waals surface area contributed by atoms with E-state index in [4.69, 9.17) is 10.7 Å². The Kier molecular flexibility index (Phi) is 4.11. The molecule has 0 aliphatic heterocycles. The Hall–Kier alpha value is -1.68. The van der Waals surface area contributed by atoms with Gasteiger partial charge in [-0.25, -0.2) is 4.98 Å². The number of aromatic amines is 1. The summed E-state index contributed by atoms with van der Waals surface area (Å²) in [7, 11) is 0. The summed E-state index contributed by atoms with van der Waals surface area (Å²) in [6.07, 6.45) is 7.23. The molecular weight excluding hydrogens is 248 g/mol. The average molecular weight is 270 g/mol. The molecule has 20 heavy (non-hydrogen) atoms. The molecule has 0 atom stereocenters. The Morgan fingerprint density at radius 2 is 1.85 bits per heavy atom. The van der Waals surface area contributed by atoms with Crippen LogP contribution in [0.5, 0.6) is 0 Å². The van der Waals surface area contributed by atoms with Gasteiger partial charge < -0.3 is 5.73 Å². The highest BCUT2D eigenvalue weighted by molar-refractivity contribution is 5.29. The van der Waals surface area contributed by atoms with Gasteiger partial charge in [-0.2, -0.15) is 5.10 Å². The second-order valence-corrected chi connectivity index (χ2v) is 5.62. The summed E-state index contributed by atoms with van der Waals surface area (Å²) in [5.41, 5.74) is 8.20.